The Kier molecular flexibility index (Phi) is 4.43. The molecule has 1 heterocycles. The van der Waals surface area contributed by atoms with Gasteiger partial charge in [0.1, 0.15) is 5.15 Å². The van der Waals surface area contributed by atoms with Gasteiger partial charge in [0.25, 0.3) is 5.56 Å². The molecule has 0 aliphatic heterocycles. The molecule has 4 nitrogen and oxygen atoms in total. The number of halogens is 1. The van der Waals surface area contributed by atoms with Gasteiger partial charge in [-0.05, 0) is 17.8 Å². The smallest absolute Gasteiger partial charge is 0.297 e. The second kappa shape index (κ2) is 5.31. The Hall–Kier alpha value is -1.03. The van der Waals surface area contributed by atoms with E-state index in [1.165, 1.54) is 4.57 Å². The van der Waals surface area contributed by atoms with E-state index in [4.69, 9.17) is 11.6 Å². The van der Waals surface area contributed by atoms with E-state index in [0.29, 0.717) is 18.5 Å². The number of nitrogens with zero attached hydrogens (tertiary/aromatic N) is 1. The van der Waals surface area contributed by atoms with E-state index in [2.05, 4.69) is 25.8 Å². The zero-order valence-electron chi connectivity index (χ0n) is 11.6. The molecular weight excluding hydrogens is 252 g/mol. The summed E-state index contributed by atoms with van der Waals surface area (Å²) >= 11 is 5.86. The standard InChI is InChI=1S/C13H21ClN2O2/c1-6-9-10(14)15-12(18)16(11(9)17)7-8(2)13(3,4)5/h8H,6-7H2,1-5H3,(H,15,18). The number of nitrogens with one attached hydrogen (secondary N) is 1. The normalized spacial score (nSPS) is 13.7. The predicted molar refractivity (Wildman–Crippen MR) is 74.3 cm³/mol. The lowest BCUT2D eigenvalue weighted by Gasteiger charge is -2.27. The van der Waals surface area contributed by atoms with Crippen LogP contribution in [0, 0.1) is 11.3 Å². The Balaban J connectivity index is 3.27. The van der Waals surface area contributed by atoms with E-state index < -0.39 is 5.69 Å². The quantitative estimate of drug-likeness (QED) is 0.860. The van der Waals surface area contributed by atoms with Crippen LogP contribution in [0.3, 0.4) is 0 Å². The van der Waals surface area contributed by atoms with Crippen LogP contribution in [0.15, 0.2) is 9.59 Å². The summed E-state index contributed by atoms with van der Waals surface area (Å²) in [6, 6.07) is 0. The molecule has 0 saturated carbocycles. The van der Waals surface area contributed by atoms with Crippen molar-refractivity contribution in [2.45, 2.75) is 47.6 Å². The number of aromatic amines is 1. The molecule has 1 unspecified atom stereocenters. The highest BCUT2D eigenvalue weighted by Gasteiger charge is 2.22. The maximum absolute atomic E-state index is 12.2. The Morgan fingerprint density at radius 1 is 1.33 bits per heavy atom. The molecule has 1 atom stereocenters. The highest BCUT2D eigenvalue weighted by molar-refractivity contribution is 6.30. The van der Waals surface area contributed by atoms with Gasteiger partial charge in [-0.3, -0.25) is 14.3 Å². The maximum atomic E-state index is 12.2. The average Bonchev–Trinajstić information content (AvgIpc) is 2.22. The lowest BCUT2D eigenvalue weighted by molar-refractivity contribution is 0.228. The van der Waals surface area contributed by atoms with Crippen LogP contribution in [0.1, 0.15) is 40.2 Å². The van der Waals surface area contributed by atoms with E-state index in [1.54, 1.807) is 0 Å². The van der Waals surface area contributed by atoms with Crippen molar-refractivity contribution in [3.63, 3.8) is 0 Å². The molecule has 0 amide bonds. The molecule has 18 heavy (non-hydrogen) atoms. The lowest BCUT2D eigenvalue weighted by Crippen LogP contribution is -2.40. The number of hydrogen-bond donors (Lipinski definition) is 1. The maximum Gasteiger partial charge on any atom is 0.329 e. The molecule has 0 aliphatic rings. The topological polar surface area (TPSA) is 54.9 Å². The third-order valence-corrected chi connectivity index (χ3v) is 3.84. The molecular formula is C13H21ClN2O2. The van der Waals surface area contributed by atoms with Crippen molar-refractivity contribution >= 4 is 11.6 Å². The van der Waals surface area contributed by atoms with Crippen molar-refractivity contribution < 1.29 is 0 Å². The minimum atomic E-state index is -0.432. The fraction of sp³-hybridized carbons (Fsp3) is 0.692. The van der Waals surface area contributed by atoms with Crippen LogP contribution in [0.25, 0.3) is 0 Å². The largest absolute Gasteiger partial charge is 0.329 e. The first-order valence-electron chi connectivity index (χ1n) is 6.20. The van der Waals surface area contributed by atoms with Crippen LogP contribution in [0.2, 0.25) is 5.15 Å². The monoisotopic (exact) mass is 272 g/mol. The van der Waals surface area contributed by atoms with Gasteiger partial charge < -0.3 is 0 Å². The summed E-state index contributed by atoms with van der Waals surface area (Å²) in [6.07, 6.45) is 0.512. The van der Waals surface area contributed by atoms with E-state index in [0.717, 1.165) is 0 Å². The van der Waals surface area contributed by atoms with E-state index in [-0.39, 0.29) is 22.0 Å². The van der Waals surface area contributed by atoms with E-state index >= 15 is 0 Å². The summed E-state index contributed by atoms with van der Waals surface area (Å²) in [4.78, 5) is 26.5. The average molecular weight is 273 g/mol. The molecule has 0 spiro atoms. The molecule has 0 saturated heterocycles. The Bertz CT molecular complexity index is 537. The van der Waals surface area contributed by atoms with Crippen molar-refractivity contribution in [3.05, 3.63) is 31.6 Å². The Morgan fingerprint density at radius 2 is 1.89 bits per heavy atom. The van der Waals surface area contributed by atoms with Crippen LogP contribution in [0.5, 0.6) is 0 Å². The van der Waals surface area contributed by atoms with Crippen LogP contribution >= 0.6 is 11.6 Å². The molecule has 1 aromatic rings. The molecule has 0 aromatic carbocycles. The predicted octanol–water partition coefficient (Wildman–Crippen LogP) is 2.43. The van der Waals surface area contributed by atoms with Gasteiger partial charge in [0.05, 0.1) is 5.56 Å². The number of rotatable bonds is 3. The number of hydrogen-bond acceptors (Lipinski definition) is 2. The summed E-state index contributed by atoms with van der Waals surface area (Å²) in [5.74, 6) is 0.210. The molecule has 0 aliphatic carbocycles. The van der Waals surface area contributed by atoms with Crippen LogP contribution in [0.4, 0.5) is 0 Å². The van der Waals surface area contributed by atoms with Crippen molar-refractivity contribution in [1.82, 2.24) is 9.55 Å². The zero-order valence-corrected chi connectivity index (χ0v) is 12.4. The Morgan fingerprint density at radius 3 is 2.33 bits per heavy atom. The molecule has 0 bridgehead atoms. The van der Waals surface area contributed by atoms with Gasteiger partial charge in [-0.2, -0.15) is 0 Å². The molecule has 1 rings (SSSR count). The molecule has 102 valence electrons. The lowest BCUT2D eigenvalue weighted by atomic mass is 9.82. The summed E-state index contributed by atoms with van der Waals surface area (Å²) in [5.41, 5.74) is -0.198. The van der Waals surface area contributed by atoms with Crippen molar-refractivity contribution in [1.29, 1.82) is 0 Å². The first-order chi connectivity index (χ1) is 8.18. The van der Waals surface area contributed by atoms with Crippen LogP contribution in [-0.4, -0.2) is 9.55 Å². The summed E-state index contributed by atoms with van der Waals surface area (Å²) in [5, 5.41) is 0.159. The highest BCUT2D eigenvalue weighted by atomic mass is 35.5. The van der Waals surface area contributed by atoms with Crippen molar-refractivity contribution in [2.24, 2.45) is 11.3 Å². The molecule has 1 N–H and O–H groups in total. The molecule has 5 heteroatoms. The number of aromatic nitrogens is 2. The van der Waals surface area contributed by atoms with Gasteiger partial charge >= 0.3 is 5.69 Å². The SMILES string of the molecule is CCc1c(Cl)[nH]c(=O)n(CC(C)C(C)(C)C)c1=O. The second-order valence-electron chi connectivity index (χ2n) is 5.76. The first kappa shape index (κ1) is 15.0. The zero-order chi connectivity index (χ0) is 14.1. The molecule has 1 aromatic heterocycles. The van der Waals surface area contributed by atoms with Gasteiger partial charge in [0.2, 0.25) is 0 Å². The van der Waals surface area contributed by atoms with Gasteiger partial charge in [-0.15, -0.1) is 0 Å². The van der Waals surface area contributed by atoms with Gasteiger partial charge in [0, 0.05) is 6.54 Å². The van der Waals surface area contributed by atoms with Crippen molar-refractivity contribution in [2.75, 3.05) is 0 Å². The van der Waals surface area contributed by atoms with E-state index in [9.17, 15) is 9.59 Å². The molecule has 0 radical (unpaired) electrons. The fourth-order valence-electron chi connectivity index (χ4n) is 1.61. The third kappa shape index (κ3) is 3.05. The van der Waals surface area contributed by atoms with Crippen LogP contribution < -0.4 is 11.2 Å². The Labute approximate surface area is 112 Å². The first-order valence-corrected chi connectivity index (χ1v) is 6.57. The minimum absolute atomic E-state index is 0.0396. The van der Waals surface area contributed by atoms with Gasteiger partial charge in [0.15, 0.2) is 0 Å². The summed E-state index contributed by atoms with van der Waals surface area (Å²) in [7, 11) is 0. The fourth-order valence-corrected chi connectivity index (χ4v) is 1.90. The van der Waals surface area contributed by atoms with E-state index in [1.807, 2.05) is 13.8 Å². The number of H-pyrrole nitrogens is 1. The highest BCUT2D eigenvalue weighted by Crippen LogP contribution is 2.25. The van der Waals surface area contributed by atoms with Gasteiger partial charge in [-0.1, -0.05) is 46.2 Å². The minimum Gasteiger partial charge on any atom is -0.297 e. The third-order valence-electron chi connectivity index (χ3n) is 3.52. The summed E-state index contributed by atoms with van der Waals surface area (Å²) in [6.45, 7) is 10.6. The van der Waals surface area contributed by atoms with Gasteiger partial charge in [-0.25, -0.2) is 4.79 Å². The van der Waals surface area contributed by atoms with Crippen LogP contribution in [-0.2, 0) is 13.0 Å². The second-order valence-corrected chi connectivity index (χ2v) is 6.14. The molecule has 0 fully saturated rings. The summed E-state index contributed by atoms with van der Waals surface area (Å²) < 4.78 is 1.25. The van der Waals surface area contributed by atoms with Crippen molar-refractivity contribution in [3.8, 4) is 0 Å².